The molecule has 31 heavy (non-hydrogen) atoms. The zero-order valence-corrected chi connectivity index (χ0v) is 22.0. The first-order valence-electron chi connectivity index (χ1n) is 11.5. The van der Waals surface area contributed by atoms with Crippen molar-refractivity contribution in [1.82, 2.24) is 20.5 Å². The minimum atomic E-state index is 0. The number of nitrogens with zero attached hydrogens (tertiary/aromatic N) is 4. The maximum absolute atomic E-state index is 5.51. The van der Waals surface area contributed by atoms with Crippen molar-refractivity contribution < 1.29 is 4.74 Å². The van der Waals surface area contributed by atoms with E-state index >= 15 is 0 Å². The highest BCUT2D eigenvalue weighted by atomic mass is 127. The first kappa shape index (κ1) is 26.1. The lowest BCUT2D eigenvalue weighted by Gasteiger charge is -2.37. The molecule has 0 radical (unpaired) electrons. The molecule has 0 saturated carbocycles. The van der Waals surface area contributed by atoms with E-state index in [-0.39, 0.29) is 24.0 Å². The largest absolute Gasteiger partial charge is 0.379 e. The molecule has 2 aliphatic heterocycles. The topological polar surface area (TPSA) is 65.0 Å². The highest BCUT2D eigenvalue weighted by Gasteiger charge is 2.24. The van der Waals surface area contributed by atoms with Crippen molar-refractivity contribution in [2.75, 3.05) is 57.9 Å². The normalized spacial score (nSPS) is 19.8. The summed E-state index contributed by atoms with van der Waals surface area (Å²) in [6, 6.07) is 4.79. The Morgan fingerprint density at radius 3 is 2.45 bits per heavy atom. The Labute approximate surface area is 205 Å². The SMILES string of the molecule is CN=C(NCc1ccc(N2CCC(C)CC2)nc1)NCC(C(C)C)N1CCOCC1.I. The van der Waals surface area contributed by atoms with Crippen molar-refractivity contribution in [2.24, 2.45) is 16.8 Å². The van der Waals surface area contributed by atoms with Crippen molar-refractivity contribution in [3.8, 4) is 0 Å². The predicted octanol–water partition coefficient (Wildman–Crippen LogP) is 2.96. The number of morpholine rings is 1. The maximum Gasteiger partial charge on any atom is 0.191 e. The van der Waals surface area contributed by atoms with Gasteiger partial charge in [-0.2, -0.15) is 0 Å². The molecule has 0 amide bonds. The Bertz CT molecular complexity index is 655. The standard InChI is InChI=1S/C23H40N6O.HI/c1-18(2)21(28-11-13-30-14-12-28)17-27-23(24-4)26-16-20-5-6-22(25-15-20)29-9-7-19(3)8-10-29;/h5-6,15,18-19,21H,7-14,16-17H2,1-4H3,(H2,24,26,27);1H. The van der Waals surface area contributed by atoms with Gasteiger partial charge in [0.15, 0.2) is 5.96 Å². The van der Waals surface area contributed by atoms with Crippen LogP contribution in [0, 0.1) is 11.8 Å². The van der Waals surface area contributed by atoms with E-state index in [0.717, 1.165) is 63.6 Å². The number of aromatic nitrogens is 1. The quantitative estimate of drug-likeness (QED) is 0.313. The Kier molecular flexibility index (Phi) is 11.3. The fourth-order valence-electron chi connectivity index (χ4n) is 4.25. The van der Waals surface area contributed by atoms with Gasteiger partial charge in [0, 0.05) is 58.6 Å². The van der Waals surface area contributed by atoms with E-state index < -0.39 is 0 Å². The minimum absolute atomic E-state index is 0. The Balaban J connectivity index is 0.00000341. The lowest BCUT2D eigenvalue weighted by molar-refractivity contribution is 0.00752. The maximum atomic E-state index is 5.51. The summed E-state index contributed by atoms with van der Waals surface area (Å²) in [5.74, 6) is 3.34. The lowest BCUT2D eigenvalue weighted by atomic mass is 9.99. The van der Waals surface area contributed by atoms with Gasteiger partial charge in [0.05, 0.1) is 13.2 Å². The van der Waals surface area contributed by atoms with Gasteiger partial charge in [-0.1, -0.05) is 26.8 Å². The van der Waals surface area contributed by atoms with Crippen LogP contribution in [0.4, 0.5) is 5.82 Å². The first-order chi connectivity index (χ1) is 14.6. The van der Waals surface area contributed by atoms with Crippen LogP contribution in [0.2, 0.25) is 0 Å². The predicted molar refractivity (Wildman–Crippen MR) is 139 cm³/mol. The number of rotatable bonds is 7. The van der Waals surface area contributed by atoms with Gasteiger partial charge in [0.1, 0.15) is 5.82 Å². The lowest BCUT2D eigenvalue weighted by Crippen LogP contribution is -2.52. The number of guanidine groups is 1. The van der Waals surface area contributed by atoms with Gasteiger partial charge < -0.3 is 20.3 Å². The molecule has 2 saturated heterocycles. The third-order valence-corrected chi connectivity index (χ3v) is 6.36. The van der Waals surface area contributed by atoms with Gasteiger partial charge >= 0.3 is 0 Å². The number of halogens is 1. The molecule has 3 heterocycles. The number of piperidine rings is 1. The molecule has 1 aromatic rings. The summed E-state index contributed by atoms with van der Waals surface area (Å²) in [7, 11) is 1.83. The second-order valence-electron chi connectivity index (χ2n) is 8.96. The number of ether oxygens (including phenoxy) is 1. The van der Waals surface area contributed by atoms with Gasteiger partial charge in [0.25, 0.3) is 0 Å². The summed E-state index contributed by atoms with van der Waals surface area (Å²) in [6.07, 6.45) is 4.50. The fraction of sp³-hybridized carbons (Fsp3) is 0.739. The zero-order valence-electron chi connectivity index (χ0n) is 19.6. The summed E-state index contributed by atoms with van der Waals surface area (Å²) in [4.78, 5) is 14.0. The molecule has 2 aliphatic rings. The van der Waals surface area contributed by atoms with E-state index in [0.29, 0.717) is 18.5 Å². The highest BCUT2D eigenvalue weighted by molar-refractivity contribution is 14.0. The van der Waals surface area contributed by atoms with Crippen LogP contribution in [0.5, 0.6) is 0 Å². The number of anilines is 1. The van der Waals surface area contributed by atoms with E-state index in [4.69, 9.17) is 9.72 Å². The molecule has 0 aliphatic carbocycles. The summed E-state index contributed by atoms with van der Waals surface area (Å²) in [5, 5.41) is 6.94. The zero-order chi connectivity index (χ0) is 21.3. The number of hydrogen-bond acceptors (Lipinski definition) is 5. The summed E-state index contributed by atoms with van der Waals surface area (Å²) in [5.41, 5.74) is 1.17. The summed E-state index contributed by atoms with van der Waals surface area (Å²) >= 11 is 0. The van der Waals surface area contributed by atoms with Crippen LogP contribution in [-0.4, -0.2) is 74.9 Å². The van der Waals surface area contributed by atoms with E-state index in [1.165, 1.54) is 18.4 Å². The second-order valence-corrected chi connectivity index (χ2v) is 8.96. The second kappa shape index (κ2) is 13.4. The molecule has 2 fully saturated rings. The summed E-state index contributed by atoms with van der Waals surface area (Å²) < 4.78 is 5.51. The first-order valence-corrected chi connectivity index (χ1v) is 11.5. The van der Waals surface area contributed by atoms with Crippen molar-refractivity contribution >= 4 is 35.8 Å². The van der Waals surface area contributed by atoms with E-state index in [9.17, 15) is 0 Å². The van der Waals surface area contributed by atoms with E-state index in [1.54, 1.807) is 0 Å². The Morgan fingerprint density at radius 1 is 1.16 bits per heavy atom. The number of aliphatic imine (C=N–C) groups is 1. The van der Waals surface area contributed by atoms with E-state index in [1.807, 2.05) is 13.2 Å². The van der Waals surface area contributed by atoms with Crippen molar-refractivity contribution in [3.63, 3.8) is 0 Å². The van der Waals surface area contributed by atoms with Crippen molar-refractivity contribution in [2.45, 2.75) is 46.2 Å². The van der Waals surface area contributed by atoms with Crippen LogP contribution in [0.3, 0.4) is 0 Å². The minimum Gasteiger partial charge on any atom is -0.379 e. The van der Waals surface area contributed by atoms with Gasteiger partial charge in [-0.05, 0) is 36.3 Å². The van der Waals surface area contributed by atoms with Crippen LogP contribution in [0.1, 0.15) is 39.2 Å². The van der Waals surface area contributed by atoms with Crippen LogP contribution in [0.15, 0.2) is 23.3 Å². The molecule has 176 valence electrons. The molecule has 0 aromatic carbocycles. The van der Waals surface area contributed by atoms with Gasteiger partial charge in [0.2, 0.25) is 0 Å². The number of nitrogens with one attached hydrogen (secondary N) is 2. The van der Waals surface area contributed by atoms with Crippen LogP contribution in [-0.2, 0) is 11.3 Å². The molecule has 7 nitrogen and oxygen atoms in total. The third kappa shape index (κ3) is 8.05. The van der Waals surface area contributed by atoms with Gasteiger partial charge in [-0.15, -0.1) is 24.0 Å². The van der Waals surface area contributed by atoms with Gasteiger partial charge in [-0.3, -0.25) is 9.89 Å². The molecule has 3 rings (SSSR count). The van der Waals surface area contributed by atoms with Gasteiger partial charge in [-0.25, -0.2) is 4.98 Å². The Morgan fingerprint density at radius 2 is 1.87 bits per heavy atom. The molecule has 8 heteroatoms. The molecule has 1 unspecified atom stereocenters. The molecule has 0 spiro atoms. The molecule has 0 bridgehead atoms. The monoisotopic (exact) mass is 544 g/mol. The fourth-order valence-corrected chi connectivity index (χ4v) is 4.25. The van der Waals surface area contributed by atoms with Crippen molar-refractivity contribution in [3.05, 3.63) is 23.9 Å². The number of hydrogen-bond donors (Lipinski definition) is 2. The molecular weight excluding hydrogens is 503 g/mol. The number of pyridine rings is 1. The molecule has 2 N–H and O–H groups in total. The smallest absolute Gasteiger partial charge is 0.191 e. The van der Waals surface area contributed by atoms with E-state index in [2.05, 4.69) is 58.3 Å². The molecular formula is C23H41IN6O. The average Bonchev–Trinajstić information content (AvgIpc) is 2.77. The van der Waals surface area contributed by atoms with Crippen LogP contribution < -0.4 is 15.5 Å². The van der Waals surface area contributed by atoms with Crippen molar-refractivity contribution in [1.29, 1.82) is 0 Å². The Hall–Kier alpha value is -1.13. The molecule has 1 aromatic heterocycles. The molecule has 1 atom stereocenters. The third-order valence-electron chi connectivity index (χ3n) is 6.36. The van der Waals surface area contributed by atoms with Crippen LogP contribution in [0.25, 0.3) is 0 Å². The van der Waals surface area contributed by atoms with Crippen LogP contribution >= 0.6 is 24.0 Å². The highest BCUT2D eigenvalue weighted by Crippen LogP contribution is 2.21. The average molecular weight is 545 g/mol. The summed E-state index contributed by atoms with van der Waals surface area (Å²) in [6.45, 7) is 14.4.